The summed E-state index contributed by atoms with van der Waals surface area (Å²) >= 11 is 0. The van der Waals surface area contributed by atoms with Crippen molar-refractivity contribution in [2.24, 2.45) is 0 Å². The molecule has 0 aromatic rings. The van der Waals surface area contributed by atoms with Crippen molar-refractivity contribution in [3.05, 3.63) is 0 Å². The first-order valence-electron chi connectivity index (χ1n) is 11.3. The summed E-state index contributed by atoms with van der Waals surface area (Å²) < 4.78 is 6.85. The normalized spacial score (nSPS) is 16.6. The highest BCUT2D eigenvalue weighted by atomic mass is 16.5. The zero-order valence-corrected chi connectivity index (χ0v) is 17.0. The molecule has 1 aliphatic heterocycles. The summed E-state index contributed by atoms with van der Waals surface area (Å²) in [7, 11) is 0. The number of likely N-dealkylation sites (N-methyl/N-ethyl adjacent to an activating group) is 1. The van der Waals surface area contributed by atoms with Crippen LogP contribution in [0.3, 0.4) is 0 Å². The number of quaternary nitrogens is 1. The second-order valence-corrected chi connectivity index (χ2v) is 8.04. The third kappa shape index (κ3) is 12.8. The average molecular weight is 357 g/mol. The number of hydrogen-bond acceptors (Lipinski definition) is 1. The van der Waals surface area contributed by atoms with Gasteiger partial charge in [0.05, 0.1) is 26.3 Å². The molecule has 0 aromatic carbocycles. The van der Waals surface area contributed by atoms with E-state index in [1.165, 1.54) is 121 Å². The molecule has 0 saturated carbocycles. The molecule has 152 valence electrons. The van der Waals surface area contributed by atoms with E-state index in [-0.39, 0.29) is 7.43 Å². The minimum atomic E-state index is 0. The first-order valence-corrected chi connectivity index (χ1v) is 11.3. The quantitative estimate of drug-likeness (QED) is 0.214. The Morgan fingerprint density at radius 3 is 1.40 bits per heavy atom. The maximum atomic E-state index is 5.53. The van der Waals surface area contributed by atoms with Gasteiger partial charge in [0.2, 0.25) is 0 Å². The molecule has 0 aliphatic carbocycles. The van der Waals surface area contributed by atoms with Gasteiger partial charge in [0.1, 0.15) is 13.1 Å². The topological polar surface area (TPSA) is 9.23 Å². The number of hydrogen-bond donors (Lipinski definition) is 0. The van der Waals surface area contributed by atoms with Crippen LogP contribution in [0.5, 0.6) is 0 Å². The van der Waals surface area contributed by atoms with E-state index in [1.807, 2.05) is 0 Å². The van der Waals surface area contributed by atoms with Crippen LogP contribution in [0.25, 0.3) is 0 Å². The van der Waals surface area contributed by atoms with Gasteiger partial charge in [0.15, 0.2) is 0 Å². The lowest BCUT2D eigenvalue weighted by atomic mass is 10.0. The fourth-order valence-corrected chi connectivity index (χ4v) is 4.07. The van der Waals surface area contributed by atoms with Crippen molar-refractivity contribution in [3.63, 3.8) is 0 Å². The summed E-state index contributed by atoms with van der Waals surface area (Å²) in [5, 5.41) is 0. The van der Waals surface area contributed by atoms with Gasteiger partial charge >= 0.3 is 0 Å². The smallest absolute Gasteiger partial charge is 0.102 e. The van der Waals surface area contributed by atoms with Crippen molar-refractivity contribution < 1.29 is 9.22 Å². The molecule has 0 aromatic heterocycles. The maximum Gasteiger partial charge on any atom is 0.102 e. The Kier molecular flexibility index (Phi) is 17.3. The molecule has 1 aliphatic rings. The van der Waals surface area contributed by atoms with Crippen molar-refractivity contribution in [3.8, 4) is 0 Å². The summed E-state index contributed by atoms with van der Waals surface area (Å²) in [5.74, 6) is 0. The monoisotopic (exact) mass is 356 g/mol. The van der Waals surface area contributed by atoms with Crippen LogP contribution < -0.4 is 0 Å². The molecule has 25 heavy (non-hydrogen) atoms. The van der Waals surface area contributed by atoms with E-state index >= 15 is 0 Å². The first kappa shape index (κ1) is 24.9. The zero-order chi connectivity index (χ0) is 17.3. The van der Waals surface area contributed by atoms with Crippen molar-refractivity contribution in [2.45, 2.75) is 111 Å². The molecule has 0 N–H and O–H groups in total. The molecule has 0 bridgehead atoms. The van der Waals surface area contributed by atoms with E-state index < -0.39 is 0 Å². The molecule has 2 heteroatoms. The van der Waals surface area contributed by atoms with E-state index in [1.54, 1.807) is 0 Å². The third-order valence-corrected chi connectivity index (χ3v) is 6.08. The molecule has 0 radical (unpaired) electrons. The second-order valence-electron chi connectivity index (χ2n) is 8.04. The van der Waals surface area contributed by atoms with E-state index in [4.69, 9.17) is 4.74 Å². The fraction of sp³-hybridized carbons (Fsp3) is 1.00. The maximum absolute atomic E-state index is 5.53. The van der Waals surface area contributed by atoms with Crippen molar-refractivity contribution in [2.75, 3.05) is 39.4 Å². The van der Waals surface area contributed by atoms with Crippen molar-refractivity contribution >= 4 is 0 Å². The molecule has 1 fully saturated rings. The molecule has 1 heterocycles. The van der Waals surface area contributed by atoms with Crippen LogP contribution in [-0.4, -0.2) is 43.9 Å². The average Bonchev–Trinajstić information content (AvgIpc) is 2.63. The summed E-state index contributed by atoms with van der Waals surface area (Å²) in [5.41, 5.74) is 0. The first-order chi connectivity index (χ1) is 11.8. The van der Waals surface area contributed by atoms with E-state index in [0.717, 1.165) is 13.2 Å². The lowest BCUT2D eigenvalue weighted by molar-refractivity contribution is -0.933. The molecule has 0 atom stereocenters. The van der Waals surface area contributed by atoms with Crippen LogP contribution in [0.1, 0.15) is 111 Å². The van der Waals surface area contributed by atoms with Gasteiger partial charge in [0, 0.05) is 0 Å². The minimum Gasteiger partial charge on any atom is -0.370 e. The van der Waals surface area contributed by atoms with Gasteiger partial charge in [-0.05, 0) is 19.8 Å². The van der Waals surface area contributed by atoms with Crippen LogP contribution in [0, 0.1) is 0 Å². The lowest BCUT2D eigenvalue weighted by Crippen LogP contribution is -2.55. The second kappa shape index (κ2) is 17.3. The Balaban J connectivity index is 0.00000576. The zero-order valence-electron chi connectivity index (χ0n) is 17.0. The predicted molar refractivity (Wildman–Crippen MR) is 113 cm³/mol. The van der Waals surface area contributed by atoms with Gasteiger partial charge in [0.25, 0.3) is 0 Å². The third-order valence-electron chi connectivity index (χ3n) is 6.08. The summed E-state index contributed by atoms with van der Waals surface area (Å²) in [6, 6.07) is 0. The molecular weight excluding hydrogens is 306 g/mol. The number of rotatable bonds is 16. The highest BCUT2D eigenvalue weighted by molar-refractivity contribution is 4.52. The van der Waals surface area contributed by atoms with Gasteiger partial charge in [-0.3, -0.25) is 0 Å². The summed E-state index contributed by atoms with van der Waals surface area (Å²) in [6.07, 6.45) is 20.4. The molecular formula is C23H50NO+. The van der Waals surface area contributed by atoms with Crippen LogP contribution in [0.4, 0.5) is 0 Å². The number of nitrogens with zero attached hydrogens (tertiary/aromatic N) is 1. The largest absolute Gasteiger partial charge is 0.370 e. The van der Waals surface area contributed by atoms with Crippen LogP contribution in [-0.2, 0) is 4.74 Å². The fourth-order valence-electron chi connectivity index (χ4n) is 4.07. The van der Waals surface area contributed by atoms with Crippen LogP contribution in [0.15, 0.2) is 0 Å². The Bertz CT molecular complexity index is 261. The molecule has 1 saturated heterocycles. The molecule has 2 nitrogen and oxygen atoms in total. The van der Waals surface area contributed by atoms with Gasteiger partial charge < -0.3 is 9.22 Å². The number of unbranched alkanes of at least 4 members (excludes halogenated alkanes) is 13. The molecule has 0 spiro atoms. The highest BCUT2D eigenvalue weighted by Gasteiger charge is 2.27. The Morgan fingerprint density at radius 2 is 1.00 bits per heavy atom. The Morgan fingerprint density at radius 1 is 0.600 bits per heavy atom. The Hall–Kier alpha value is -0.0800. The van der Waals surface area contributed by atoms with Gasteiger partial charge in [-0.2, -0.15) is 0 Å². The lowest BCUT2D eigenvalue weighted by Gasteiger charge is -2.40. The van der Waals surface area contributed by atoms with Gasteiger partial charge in [-0.1, -0.05) is 91.4 Å². The molecule has 0 unspecified atom stereocenters. The van der Waals surface area contributed by atoms with E-state index in [2.05, 4.69) is 13.8 Å². The predicted octanol–water partition coefficient (Wildman–Crippen LogP) is 6.97. The van der Waals surface area contributed by atoms with Crippen molar-refractivity contribution in [1.29, 1.82) is 0 Å². The Labute approximate surface area is 160 Å². The minimum absolute atomic E-state index is 0. The van der Waals surface area contributed by atoms with E-state index in [9.17, 15) is 0 Å². The SMILES string of the molecule is C.CCCCCCCCCCCCCCCC[N+]1(CC)CCOCC1. The molecule has 0 amide bonds. The number of morpholine rings is 1. The van der Waals surface area contributed by atoms with E-state index in [0.29, 0.717) is 0 Å². The van der Waals surface area contributed by atoms with Gasteiger partial charge in [-0.25, -0.2) is 0 Å². The van der Waals surface area contributed by atoms with Crippen LogP contribution >= 0.6 is 0 Å². The standard InChI is InChI=1S/C22H46NO.CH4/c1-3-5-6-7-8-9-10-11-12-13-14-15-16-17-18-23(4-2)19-21-24-22-20-23;/h3-22H2,1-2H3;1H4/q+1;. The molecule has 1 rings (SSSR count). The van der Waals surface area contributed by atoms with Gasteiger partial charge in [-0.15, -0.1) is 0 Å². The number of ether oxygens (including phenoxy) is 1. The van der Waals surface area contributed by atoms with Crippen LogP contribution in [0.2, 0.25) is 0 Å². The summed E-state index contributed by atoms with van der Waals surface area (Å²) in [4.78, 5) is 0. The highest BCUT2D eigenvalue weighted by Crippen LogP contribution is 2.16. The van der Waals surface area contributed by atoms with Crippen molar-refractivity contribution in [1.82, 2.24) is 0 Å². The summed E-state index contributed by atoms with van der Waals surface area (Å²) in [6.45, 7) is 11.8.